The van der Waals surface area contributed by atoms with Crippen LogP contribution in [0, 0.1) is 6.92 Å². The van der Waals surface area contributed by atoms with Crippen LogP contribution < -0.4 is 0 Å². The van der Waals surface area contributed by atoms with Crippen LogP contribution in [-0.2, 0) is 9.53 Å². The van der Waals surface area contributed by atoms with E-state index in [9.17, 15) is 14.7 Å². The number of aliphatic hydroxyl groups excluding tert-OH is 1. The fraction of sp³-hybridized carbons (Fsp3) is 0.560. The number of ether oxygens (including phenoxy) is 1. The molecule has 8 heteroatoms. The number of morpholine rings is 1. The molecule has 1 aliphatic carbocycles. The number of nitrogens with zero attached hydrogens (tertiary/aromatic N) is 4. The highest BCUT2D eigenvalue weighted by molar-refractivity contribution is 6.14. The van der Waals surface area contributed by atoms with Crippen molar-refractivity contribution in [2.75, 3.05) is 65.6 Å². The number of allylic oxidation sites excluding steroid dienone is 2. The number of aryl methyl sites for hydroxylation is 1. The number of hydrogen-bond acceptors (Lipinski definition) is 6. The first-order valence-corrected chi connectivity index (χ1v) is 11.9. The van der Waals surface area contributed by atoms with Crippen molar-refractivity contribution in [2.24, 2.45) is 4.99 Å². The summed E-state index contributed by atoms with van der Waals surface area (Å²) in [6.45, 7) is 8.99. The minimum atomic E-state index is -0.0525. The third-order valence-electron chi connectivity index (χ3n) is 6.72. The summed E-state index contributed by atoms with van der Waals surface area (Å²) >= 11 is 0. The lowest BCUT2D eigenvalue weighted by atomic mass is 9.83. The third-order valence-corrected chi connectivity index (χ3v) is 6.72. The minimum absolute atomic E-state index is 0.0201. The molecule has 0 radical (unpaired) electrons. The largest absolute Gasteiger partial charge is 0.511 e. The van der Waals surface area contributed by atoms with Gasteiger partial charge in [0.1, 0.15) is 5.76 Å². The van der Waals surface area contributed by atoms with Gasteiger partial charge in [-0.1, -0.05) is 29.8 Å². The molecule has 2 fully saturated rings. The second-order valence-electron chi connectivity index (χ2n) is 9.05. The molecule has 2 heterocycles. The van der Waals surface area contributed by atoms with Crippen LogP contribution in [0.15, 0.2) is 40.6 Å². The highest BCUT2D eigenvalue weighted by atomic mass is 16.5. The van der Waals surface area contributed by atoms with E-state index in [4.69, 9.17) is 4.74 Å². The van der Waals surface area contributed by atoms with Crippen molar-refractivity contribution in [1.29, 1.82) is 0 Å². The fourth-order valence-corrected chi connectivity index (χ4v) is 4.60. The van der Waals surface area contributed by atoms with Gasteiger partial charge in [-0.15, -0.1) is 0 Å². The molecule has 0 aromatic heterocycles. The summed E-state index contributed by atoms with van der Waals surface area (Å²) < 4.78 is 5.32. The zero-order valence-corrected chi connectivity index (χ0v) is 19.4. The predicted molar refractivity (Wildman–Crippen MR) is 127 cm³/mol. The number of carbonyl (C=O) groups is 2. The van der Waals surface area contributed by atoms with E-state index in [-0.39, 0.29) is 23.5 Å². The summed E-state index contributed by atoms with van der Waals surface area (Å²) in [4.78, 5) is 35.7. The second-order valence-corrected chi connectivity index (χ2v) is 9.05. The number of piperazine rings is 1. The number of aliphatic imine (C=N–C) groups is 1. The van der Waals surface area contributed by atoms with E-state index < -0.39 is 0 Å². The van der Waals surface area contributed by atoms with Crippen LogP contribution in [0.25, 0.3) is 0 Å². The molecule has 2 amide bonds. The maximum absolute atomic E-state index is 12.6. The van der Waals surface area contributed by atoms with Crippen LogP contribution in [0.5, 0.6) is 0 Å². The molecule has 33 heavy (non-hydrogen) atoms. The molecular weight excluding hydrogens is 420 g/mol. The minimum Gasteiger partial charge on any atom is -0.511 e. The van der Waals surface area contributed by atoms with Gasteiger partial charge in [0, 0.05) is 64.9 Å². The van der Waals surface area contributed by atoms with E-state index in [1.807, 2.05) is 41.0 Å². The Morgan fingerprint density at radius 3 is 2.39 bits per heavy atom. The molecule has 2 saturated heterocycles. The molecule has 4 rings (SSSR count). The monoisotopic (exact) mass is 454 g/mol. The average molecular weight is 455 g/mol. The summed E-state index contributed by atoms with van der Waals surface area (Å²) in [5, 5.41) is 10.5. The van der Waals surface area contributed by atoms with Gasteiger partial charge in [-0.3, -0.25) is 14.7 Å². The lowest BCUT2D eigenvalue weighted by Gasteiger charge is -2.38. The smallest absolute Gasteiger partial charge is 0.320 e. The number of Topliss-reactive ketones (excluding diaryl/α,β-unsaturated/α-hetero) is 1. The molecule has 1 aromatic carbocycles. The van der Waals surface area contributed by atoms with Crippen molar-refractivity contribution in [3.05, 3.63) is 46.7 Å². The van der Waals surface area contributed by atoms with Crippen LogP contribution in [0.3, 0.4) is 0 Å². The van der Waals surface area contributed by atoms with E-state index in [2.05, 4.69) is 9.89 Å². The third kappa shape index (κ3) is 6.00. The summed E-state index contributed by atoms with van der Waals surface area (Å²) in [6.07, 6.45) is 2.41. The number of ketones is 1. The molecule has 0 spiro atoms. The van der Waals surface area contributed by atoms with Crippen molar-refractivity contribution in [3.63, 3.8) is 0 Å². The first-order chi connectivity index (χ1) is 16.0. The van der Waals surface area contributed by atoms with Crippen molar-refractivity contribution >= 4 is 18.0 Å². The van der Waals surface area contributed by atoms with Gasteiger partial charge in [-0.05, 0) is 18.4 Å². The number of rotatable bonds is 5. The van der Waals surface area contributed by atoms with E-state index >= 15 is 0 Å². The predicted octanol–water partition coefficient (Wildman–Crippen LogP) is 2.39. The molecule has 0 bridgehead atoms. The van der Waals surface area contributed by atoms with Crippen LogP contribution in [0.1, 0.15) is 29.9 Å². The van der Waals surface area contributed by atoms with Crippen LogP contribution in [0.4, 0.5) is 4.79 Å². The zero-order valence-electron chi connectivity index (χ0n) is 19.4. The number of hydrogen-bond donors (Lipinski definition) is 1. The normalized spacial score (nSPS) is 22.9. The molecular formula is C25H34N4O4. The molecule has 0 saturated carbocycles. The van der Waals surface area contributed by atoms with E-state index in [0.29, 0.717) is 64.4 Å². The molecule has 1 unspecified atom stereocenters. The van der Waals surface area contributed by atoms with Crippen molar-refractivity contribution < 1.29 is 19.4 Å². The summed E-state index contributed by atoms with van der Waals surface area (Å²) in [6, 6.07) is 8.26. The highest BCUT2D eigenvalue weighted by Gasteiger charge is 2.28. The van der Waals surface area contributed by atoms with Crippen LogP contribution >= 0.6 is 0 Å². The Hall–Kier alpha value is -2.71. The van der Waals surface area contributed by atoms with Crippen molar-refractivity contribution in [2.45, 2.75) is 25.7 Å². The fourth-order valence-electron chi connectivity index (χ4n) is 4.60. The maximum atomic E-state index is 12.6. The van der Waals surface area contributed by atoms with Gasteiger partial charge in [0.25, 0.3) is 0 Å². The summed E-state index contributed by atoms with van der Waals surface area (Å²) in [5.74, 6) is 0.103. The number of amides is 2. The Bertz CT molecular complexity index is 897. The molecule has 1 atom stereocenters. The Morgan fingerprint density at radius 2 is 1.73 bits per heavy atom. The number of aliphatic hydroxyl groups is 1. The molecule has 2 aliphatic heterocycles. The van der Waals surface area contributed by atoms with Gasteiger partial charge in [0.15, 0.2) is 5.78 Å². The van der Waals surface area contributed by atoms with Crippen molar-refractivity contribution in [1.82, 2.24) is 14.7 Å². The Balaban J connectivity index is 1.22. The second kappa shape index (κ2) is 10.9. The first kappa shape index (κ1) is 23.4. The Morgan fingerprint density at radius 1 is 1.06 bits per heavy atom. The van der Waals surface area contributed by atoms with Crippen molar-refractivity contribution in [3.8, 4) is 0 Å². The molecule has 1 aromatic rings. The van der Waals surface area contributed by atoms with E-state index in [0.717, 1.165) is 25.2 Å². The van der Waals surface area contributed by atoms with Gasteiger partial charge >= 0.3 is 6.03 Å². The van der Waals surface area contributed by atoms with E-state index in [1.165, 1.54) is 5.56 Å². The van der Waals surface area contributed by atoms with Crippen LogP contribution in [-0.4, -0.2) is 103 Å². The Labute approximate surface area is 195 Å². The summed E-state index contributed by atoms with van der Waals surface area (Å²) in [5.41, 5.74) is 2.61. The lowest BCUT2D eigenvalue weighted by molar-refractivity contribution is -0.116. The maximum Gasteiger partial charge on any atom is 0.320 e. The summed E-state index contributed by atoms with van der Waals surface area (Å²) in [7, 11) is 0. The molecule has 8 nitrogen and oxygen atoms in total. The number of carbonyl (C=O) groups excluding carboxylic acids is 2. The average Bonchev–Trinajstić information content (AvgIpc) is 2.84. The van der Waals surface area contributed by atoms with E-state index in [1.54, 1.807) is 6.21 Å². The Kier molecular flexibility index (Phi) is 7.77. The topological polar surface area (TPSA) is 85.7 Å². The van der Waals surface area contributed by atoms with Gasteiger partial charge < -0.3 is 19.6 Å². The number of benzene rings is 1. The lowest BCUT2D eigenvalue weighted by Crippen LogP contribution is -2.55. The molecule has 3 aliphatic rings. The first-order valence-electron chi connectivity index (χ1n) is 11.9. The zero-order chi connectivity index (χ0) is 23.2. The van der Waals surface area contributed by atoms with Gasteiger partial charge in [-0.2, -0.15) is 0 Å². The number of urea groups is 1. The van der Waals surface area contributed by atoms with Gasteiger partial charge in [0.05, 0.1) is 25.3 Å². The quantitative estimate of drug-likeness (QED) is 0.691. The highest BCUT2D eigenvalue weighted by Crippen LogP contribution is 2.33. The van der Waals surface area contributed by atoms with Gasteiger partial charge in [0.2, 0.25) is 0 Å². The standard InChI is InChI=1S/C25H34N4O4/c1-19-2-4-20(5-3-19)21-16-23(30)22(24(31)17-21)18-26-6-7-27-8-10-28(11-9-27)25(32)29-12-14-33-15-13-29/h2-5,18,21,30H,6-17H2,1H3. The van der Waals surface area contributed by atoms with Gasteiger partial charge in [-0.25, -0.2) is 4.79 Å². The molecule has 178 valence electrons. The van der Waals surface area contributed by atoms with Crippen LogP contribution in [0.2, 0.25) is 0 Å². The SMILES string of the molecule is Cc1ccc(C2CC(=O)C(C=NCCN3CCN(C(=O)N4CCOCC4)CC3)=C(O)C2)cc1. The molecule has 1 N–H and O–H groups in total.